The van der Waals surface area contributed by atoms with Crippen molar-refractivity contribution in [3.63, 3.8) is 0 Å². The SMILES string of the molecule is c1ccc2cc(CCNCCc3ccc4ccccc4c3)ccc2c1. The van der Waals surface area contributed by atoms with Crippen molar-refractivity contribution in [1.82, 2.24) is 5.32 Å². The molecule has 25 heavy (non-hydrogen) atoms. The number of rotatable bonds is 6. The lowest BCUT2D eigenvalue weighted by Gasteiger charge is -2.07. The smallest absolute Gasteiger partial charge is 0.000822 e. The molecule has 0 bridgehead atoms. The van der Waals surface area contributed by atoms with Gasteiger partial charge in [-0.15, -0.1) is 0 Å². The molecule has 0 radical (unpaired) electrons. The molecule has 1 nitrogen and oxygen atoms in total. The summed E-state index contributed by atoms with van der Waals surface area (Å²) in [6.45, 7) is 2.04. The molecule has 124 valence electrons. The molecule has 0 aromatic heterocycles. The lowest BCUT2D eigenvalue weighted by molar-refractivity contribution is 0.682. The fraction of sp³-hybridized carbons (Fsp3) is 0.167. The van der Waals surface area contributed by atoms with Crippen LogP contribution in [0.4, 0.5) is 0 Å². The molecule has 0 amide bonds. The van der Waals surface area contributed by atoms with E-state index in [1.165, 1.54) is 32.7 Å². The Labute approximate surface area is 149 Å². The molecule has 0 atom stereocenters. The van der Waals surface area contributed by atoms with Gasteiger partial charge in [-0.05, 0) is 58.6 Å². The Kier molecular flexibility index (Phi) is 4.76. The van der Waals surface area contributed by atoms with Gasteiger partial charge in [-0.3, -0.25) is 0 Å². The van der Waals surface area contributed by atoms with Gasteiger partial charge >= 0.3 is 0 Å². The van der Waals surface area contributed by atoms with Crippen molar-refractivity contribution in [2.24, 2.45) is 0 Å². The molecule has 0 aliphatic rings. The molecule has 1 N–H and O–H groups in total. The van der Waals surface area contributed by atoms with Crippen LogP contribution < -0.4 is 5.32 Å². The maximum Gasteiger partial charge on any atom is -0.000822 e. The van der Waals surface area contributed by atoms with E-state index < -0.39 is 0 Å². The second kappa shape index (κ2) is 7.50. The fourth-order valence-electron chi connectivity index (χ4n) is 3.38. The monoisotopic (exact) mass is 325 g/mol. The van der Waals surface area contributed by atoms with Crippen LogP contribution in [0.1, 0.15) is 11.1 Å². The zero-order chi connectivity index (χ0) is 16.9. The first-order valence-electron chi connectivity index (χ1n) is 9.04. The summed E-state index contributed by atoms with van der Waals surface area (Å²) in [7, 11) is 0. The molecule has 4 rings (SSSR count). The first-order chi connectivity index (χ1) is 12.4. The average molecular weight is 325 g/mol. The van der Waals surface area contributed by atoms with Crippen LogP contribution in [-0.4, -0.2) is 13.1 Å². The molecule has 0 aliphatic heterocycles. The molecule has 0 heterocycles. The second-order valence-electron chi connectivity index (χ2n) is 6.61. The van der Waals surface area contributed by atoms with Gasteiger partial charge in [0.15, 0.2) is 0 Å². The predicted molar refractivity (Wildman–Crippen MR) is 108 cm³/mol. The molecule has 0 unspecified atom stereocenters. The van der Waals surface area contributed by atoms with Gasteiger partial charge in [0.1, 0.15) is 0 Å². The minimum absolute atomic E-state index is 1.02. The zero-order valence-corrected chi connectivity index (χ0v) is 14.4. The number of fused-ring (bicyclic) bond motifs is 2. The highest BCUT2D eigenvalue weighted by molar-refractivity contribution is 5.83. The third-order valence-electron chi connectivity index (χ3n) is 4.81. The Bertz CT molecular complexity index is 906. The van der Waals surface area contributed by atoms with Gasteiger partial charge in [-0.25, -0.2) is 0 Å². The molecule has 1 heteroatoms. The van der Waals surface area contributed by atoms with Crippen LogP contribution in [0.3, 0.4) is 0 Å². The summed E-state index contributed by atoms with van der Waals surface area (Å²) in [5.41, 5.74) is 2.80. The summed E-state index contributed by atoms with van der Waals surface area (Å²) in [4.78, 5) is 0. The Morgan fingerprint density at radius 1 is 0.480 bits per heavy atom. The van der Waals surface area contributed by atoms with Crippen molar-refractivity contribution in [3.05, 3.63) is 96.1 Å². The van der Waals surface area contributed by atoms with E-state index >= 15 is 0 Å². The van der Waals surface area contributed by atoms with Crippen LogP contribution >= 0.6 is 0 Å². The van der Waals surface area contributed by atoms with E-state index in [-0.39, 0.29) is 0 Å². The summed E-state index contributed by atoms with van der Waals surface area (Å²) in [6.07, 6.45) is 2.14. The topological polar surface area (TPSA) is 12.0 Å². The lowest BCUT2D eigenvalue weighted by Crippen LogP contribution is -2.20. The van der Waals surface area contributed by atoms with E-state index in [1.54, 1.807) is 0 Å². The van der Waals surface area contributed by atoms with E-state index in [9.17, 15) is 0 Å². The molecule has 0 aliphatic carbocycles. The van der Waals surface area contributed by atoms with Gasteiger partial charge in [-0.2, -0.15) is 0 Å². The molecular formula is C24H23N. The predicted octanol–water partition coefficient (Wildman–Crippen LogP) is 5.37. The third kappa shape index (κ3) is 3.89. The maximum atomic E-state index is 3.58. The Morgan fingerprint density at radius 3 is 1.40 bits per heavy atom. The van der Waals surface area contributed by atoms with Crippen LogP contribution in [0.5, 0.6) is 0 Å². The highest BCUT2D eigenvalue weighted by Gasteiger charge is 1.98. The normalized spacial score (nSPS) is 11.2. The molecule has 4 aromatic carbocycles. The van der Waals surface area contributed by atoms with Crippen LogP contribution in [0.25, 0.3) is 21.5 Å². The summed E-state index contributed by atoms with van der Waals surface area (Å²) in [5.74, 6) is 0. The van der Waals surface area contributed by atoms with Crippen LogP contribution in [0.15, 0.2) is 84.9 Å². The second-order valence-corrected chi connectivity index (χ2v) is 6.61. The van der Waals surface area contributed by atoms with Crippen molar-refractivity contribution in [3.8, 4) is 0 Å². The maximum absolute atomic E-state index is 3.58. The quantitative estimate of drug-likeness (QED) is 0.470. The fourth-order valence-corrected chi connectivity index (χ4v) is 3.38. The number of hydrogen-bond acceptors (Lipinski definition) is 1. The summed E-state index contributed by atoms with van der Waals surface area (Å²) in [5, 5.41) is 8.87. The number of hydrogen-bond donors (Lipinski definition) is 1. The zero-order valence-electron chi connectivity index (χ0n) is 14.4. The van der Waals surface area contributed by atoms with Crippen molar-refractivity contribution >= 4 is 21.5 Å². The largest absolute Gasteiger partial charge is 0.316 e. The van der Waals surface area contributed by atoms with Crippen molar-refractivity contribution in [2.45, 2.75) is 12.8 Å². The standard InChI is InChI=1S/C24H23N/c1-3-7-23-17-19(9-11-21(23)5-1)13-15-25-16-14-20-10-12-22-6-2-4-8-24(22)18-20/h1-12,17-18,25H,13-16H2. The van der Waals surface area contributed by atoms with E-state index in [0.717, 1.165) is 25.9 Å². The molecule has 0 fully saturated rings. The molecule has 0 spiro atoms. The molecule has 4 aromatic rings. The highest BCUT2D eigenvalue weighted by atomic mass is 14.8. The minimum Gasteiger partial charge on any atom is -0.316 e. The first-order valence-corrected chi connectivity index (χ1v) is 9.04. The van der Waals surface area contributed by atoms with Gasteiger partial charge in [0.25, 0.3) is 0 Å². The molecule has 0 saturated carbocycles. The van der Waals surface area contributed by atoms with Crippen LogP contribution in [0.2, 0.25) is 0 Å². The van der Waals surface area contributed by atoms with E-state index in [4.69, 9.17) is 0 Å². The Balaban J connectivity index is 1.28. The molecular weight excluding hydrogens is 302 g/mol. The highest BCUT2D eigenvalue weighted by Crippen LogP contribution is 2.17. The minimum atomic E-state index is 1.02. The van der Waals surface area contributed by atoms with E-state index in [0.29, 0.717) is 0 Å². The molecule has 0 saturated heterocycles. The number of nitrogens with one attached hydrogen (secondary N) is 1. The lowest BCUT2D eigenvalue weighted by atomic mass is 10.0. The van der Waals surface area contributed by atoms with Crippen molar-refractivity contribution in [1.29, 1.82) is 0 Å². The van der Waals surface area contributed by atoms with Gasteiger partial charge < -0.3 is 5.32 Å². The van der Waals surface area contributed by atoms with Gasteiger partial charge in [0, 0.05) is 0 Å². The number of benzene rings is 4. The van der Waals surface area contributed by atoms with E-state index in [1.807, 2.05) is 0 Å². The first kappa shape index (κ1) is 15.9. The Morgan fingerprint density at radius 2 is 0.920 bits per heavy atom. The van der Waals surface area contributed by atoms with Crippen molar-refractivity contribution < 1.29 is 0 Å². The summed E-state index contributed by atoms with van der Waals surface area (Å²) < 4.78 is 0. The third-order valence-corrected chi connectivity index (χ3v) is 4.81. The van der Waals surface area contributed by atoms with Gasteiger partial charge in [0.05, 0.1) is 0 Å². The summed E-state index contributed by atoms with van der Waals surface area (Å²) >= 11 is 0. The van der Waals surface area contributed by atoms with Crippen LogP contribution in [-0.2, 0) is 12.8 Å². The summed E-state index contributed by atoms with van der Waals surface area (Å²) in [6, 6.07) is 30.6. The van der Waals surface area contributed by atoms with Crippen LogP contribution in [0, 0.1) is 0 Å². The Hall–Kier alpha value is -2.64. The average Bonchev–Trinajstić information content (AvgIpc) is 2.67. The van der Waals surface area contributed by atoms with Crippen molar-refractivity contribution in [2.75, 3.05) is 13.1 Å². The van der Waals surface area contributed by atoms with Gasteiger partial charge in [-0.1, -0.05) is 84.9 Å². The van der Waals surface area contributed by atoms with E-state index in [2.05, 4.69) is 90.2 Å². The van der Waals surface area contributed by atoms with Gasteiger partial charge in [0.2, 0.25) is 0 Å².